The maximum Gasteiger partial charge on any atom is 0.332 e. The lowest BCUT2D eigenvalue weighted by Gasteiger charge is -2.06. The molecule has 0 aromatic carbocycles. The highest BCUT2D eigenvalue weighted by Gasteiger charge is 2.14. The Balaban J connectivity index is 3.12. The third-order valence-electron chi connectivity index (χ3n) is 2.40. The van der Waals surface area contributed by atoms with Crippen molar-refractivity contribution in [2.75, 3.05) is 0 Å². The summed E-state index contributed by atoms with van der Waals surface area (Å²) in [6.07, 6.45) is 0.295. The van der Waals surface area contributed by atoms with Gasteiger partial charge in [0.25, 0.3) is 5.56 Å². The minimum atomic E-state index is -0.677. The molecule has 0 aliphatic rings. The third kappa shape index (κ3) is 1.41. The molecule has 0 spiro atoms. The smallest absolute Gasteiger partial charge is 0.332 e. The largest absolute Gasteiger partial charge is 0.492 e. The number of carbonyl (C=O) groups is 1. The Morgan fingerprint density at radius 1 is 1.18 bits per heavy atom. The Bertz CT molecular complexity index is 743. The van der Waals surface area contributed by atoms with Gasteiger partial charge in [0.2, 0.25) is 5.88 Å². The van der Waals surface area contributed by atoms with Crippen molar-refractivity contribution >= 4 is 17.5 Å². The van der Waals surface area contributed by atoms with Gasteiger partial charge in [-0.1, -0.05) is 0 Å². The first-order valence-electron chi connectivity index (χ1n) is 4.59. The van der Waals surface area contributed by atoms with Crippen molar-refractivity contribution in [3.63, 3.8) is 0 Å². The van der Waals surface area contributed by atoms with Crippen LogP contribution in [0.25, 0.3) is 11.2 Å². The van der Waals surface area contributed by atoms with E-state index in [4.69, 9.17) is 0 Å². The molecule has 8 heteroatoms. The van der Waals surface area contributed by atoms with E-state index in [0.29, 0.717) is 6.29 Å². The molecular formula is C9H8N4O4. The van der Waals surface area contributed by atoms with Gasteiger partial charge in [-0.2, -0.15) is 0 Å². The van der Waals surface area contributed by atoms with E-state index in [1.54, 1.807) is 0 Å². The highest BCUT2D eigenvalue weighted by atomic mass is 16.3. The van der Waals surface area contributed by atoms with Gasteiger partial charge in [-0.15, -0.1) is 0 Å². The summed E-state index contributed by atoms with van der Waals surface area (Å²) in [5.41, 5.74) is -1.79. The van der Waals surface area contributed by atoms with Crippen LogP contribution in [0.1, 0.15) is 10.5 Å². The number of hydrogen-bond donors (Lipinski definition) is 1. The number of hydrogen-bond acceptors (Lipinski definition) is 6. The molecule has 0 saturated heterocycles. The average Bonchev–Trinajstić information content (AvgIpc) is 2.33. The topological polar surface area (TPSA) is 107 Å². The first-order chi connectivity index (χ1) is 7.97. The van der Waals surface area contributed by atoms with E-state index < -0.39 is 17.1 Å². The van der Waals surface area contributed by atoms with E-state index in [1.807, 2.05) is 0 Å². The first-order valence-corrected chi connectivity index (χ1v) is 4.59. The van der Waals surface area contributed by atoms with E-state index in [2.05, 4.69) is 9.97 Å². The summed E-state index contributed by atoms with van der Waals surface area (Å²) in [6.45, 7) is 0. The van der Waals surface area contributed by atoms with Gasteiger partial charge in [-0.05, 0) is 0 Å². The zero-order chi connectivity index (χ0) is 12.7. The lowest BCUT2D eigenvalue weighted by atomic mass is 10.4. The van der Waals surface area contributed by atoms with Crippen LogP contribution >= 0.6 is 0 Å². The quantitative estimate of drug-likeness (QED) is 0.607. The molecule has 0 fully saturated rings. The van der Waals surface area contributed by atoms with Crippen molar-refractivity contribution in [2.24, 2.45) is 14.1 Å². The Morgan fingerprint density at radius 2 is 1.82 bits per heavy atom. The molecule has 0 amide bonds. The lowest BCUT2D eigenvalue weighted by molar-refractivity contribution is 0.111. The van der Waals surface area contributed by atoms with Gasteiger partial charge in [0.05, 0.1) is 0 Å². The molecule has 2 aromatic rings. The van der Waals surface area contributed by atoms with Crippen LogP contribution in [0.2, 0.25) is 0 Å². The monoisotopic (exact) mass is 236 g/mol. The number of carbonyl (C=O) groups excluding carboxylic acids is 1. The average molecular weight is 236 g/mol. The molecule has 2 rings (SSSR count). The number of fused-ring (bicyclic) bond motifs is 1. The minimum Gasteiger partial charge on any atom is -0.492 e. The molecule has 0 radical (unpaired) electrons. The number of rotatable bonds is 1. The van der Waals surface area contributed by atoms with Gasteiger partial charge >= 0.3 is 5.69 Å². The van der Waals surface area contributed by atoms with E-state index in [9.17, 15) is 19.5 Å². The van der Waals surface area contributed by atoms with Crippen molar-refractivity contribution < 1.29 is 9.90 Å². The molecule has 0 saturated carbocycles. The van der Waals surface area contributed by atoms with Crippen molar-refractivity contribution in [1.82, 2.24) is 19.1 Å². The standard InChI is InChI=1S/C9H8N4O4/c1-12-6-5(8(16)13(2)9(12)17)11-7(15)4(3-14)10-6/h3H,1-2H3,(H,11,15). The summed E-state index contributed by atoms with van der Waals surface area (Å²) in [4.78, 5) is 41.2. The summed E-state index contributed by atoms with van der Waals surface area (Å²) in [6, 6.07) is 0. The molecule has 2 heterocycles. The molecule has 2 aromatic heterocycles. The predicted molar refractivity (Wildman–Crippen MR) is 57.1 cm³/mol. The molecule has 0 bridgehead atoms. The van der Waals surface area contributed by atoms with Crippen LogP contribution in [0, 0.1) is 0 Å². The highest BCUT2D eigenvalue weighted by molar-refractivity contribution is 5.80. The highest BCUT2D eigenvalue weighted by Crippen LogP contribution is 2.11. The number of nitrogens with zero attached hydrogens (tertiary/aromatic N) is 4. The fourth-order valence-corrected chi connectivity index (χ4v) is 1.45. The van der Waals surface area contributed by atoms with E-state index in [0.717, 1.165) is 9.13 Å². The summed E-state index contributed by atoms with van der Waals surface area (Å²) >= 11 is 0. The first kappa shape index (κ1) is 11.0. The Morgan fingerprint density at radius 3 is 2.41 bits per heavy atom. The van der Waals surface area contributed by atoms with Gasteiger partial charge < -0.3 is 5.11 Å². The van der Waals surface area contributed by atoms with Crippen LogP contribution < -0.4 is 11.2 Å². The molecule has 88 valence electrons. The van der Waals surface area contributed by atoms with E-state index in [1.165, 1.54) is 14.1 Å². The Kier molecular flexibility index (Phi) is 2.27. The molecule has 0 aliphatic carbocycles. The second-order valence-corrected chi connectivity index (χ2v) is 3.43. The number of aromatic hydroxyl groups is 1. The molecule has 0 aliphatic heterocycles. The maximum atomic E-state index is 11.7. The van der Waals surface area contributed by atoms with Crippen molar-refractivity contribution in [2.45, 2.75) is 0 Å². The summed E-state index contributed by atoms with van der Waals surface area (Å²) in [7, 11) is 2.68. The zero-order valence-corrected chi connectivity index (χ0v) is 9.04. The van der Waals surface area contributed by atoms with Crippen LogP contribution in [0.4, 0.5) is 0 Å². The molecule has 1 N–H and O–H groups in total. The molecule has 8 nitrogen and oxygen atoms in total. The Hall–Kier alpha value is -2.51. The van der Waals surface area contributed by atoms with Crippen molar-refractivity contribution in [1.29, 1.82) is 0 Å². The van der Waals surface area contributed by atoms with Gasteiger partial charge in [0, 0.05) is 14.1 Å². The van der Waals surface area contributed by atoms with Crippen LogP contribution in [0.15, 0.2) is 9.59 Å². The Labute approximate surface area is 93.8 Å². The SMILES string of the molecule is Cn1c(=O)c2nc(O)c(C=O)nc2n(C)c1=O. The molecule has 17 heavy (non-hydrogen) atoms. The molecule has 0 atom stereocenters. The van der Waals surface area contributed by atoms with Crippen LogP contribution in [-0.4, -0.2) is 30.5 Å². The second-order valence-electron chi connectivity index (χ2n) is 3.43. The normalized spacial score (nSPS) is 10.7. The van der Waals surface area contributed by atoms with Gasteiger partial charge in [-0.3, -0.25) is 18.7 Å². The molecule has 0 unspecified atom stereocenters. The van der Waals surface area contributed by atoms with Crippen LogP contribution in [0.5, 0.6) is 5.88 Å². The van der Waals surface area contributed by atoms with Crippen LogP contribution in [-0.2, 0) is 14.1 Å². The predicted octanol–water partition coefficient (Wildman–Crippen LogP) is -1.45. The fraction of sp³-hybridized carbons (Fsp3) is 0.222. The zero-order valence-electron chi connectivity index (χ0n) is 9.04. The molecular weight excluding hydrogens is 228 g/mol. The fourth-order valence-electron chi connectivity index (χ4n) is 1.45. The summed E-state index contributed by atoms with van der Waals surface area (Å²) < 4.78 is 1.92. The number of aryl methyl sites for hydroxylation is 1. The second kappa shape index (κ2) is 3.51. The number of aromatic nitrogens is 4. The van der Waals surface area contributed by atoms with E-state index in [-0.39, 0.29) is 16.9 Å². The third-order valence-corrected chi connectivity index (χ3v) is 2.40. The summed E-state index contributed by atoms with van der Waals surface area (Å²) in [5, 5.41) is 9.34. The van der Waals surface area contributed by atoms with E-state index >= 15 is 0 Å². The van der Waals surface area contributed by atoms with Gasteiger partial charge in [-0.25, -0.2) is 14.8 Å². The van der Waals surface area contributed by atoms with Crippen molar-refractivity contribution in [3.8, 4) is 5.88 Å². The van der Waals surface area contributed by atoms with Gasteiger partial charge in [0.15, 0.2) is 23.1 Å². The van der Waals surface area contributed by atoms with Crippen LogP contribution in [0.3, 0.4) is 0 Å². The number of aldehydes is 1. The minimum absolute atomic E-state index is 0.0435. The maximum absolute atomic E-state index is 11.7. The summed E-state index contributed by atoms with van der Waals surface area (Å²) in [5.74, 6) is -0.636. The lowest BCUT2D eigenvalue weighted by Crippen LogP contribution is -2.37. The van der Waals surface area contributed by atoms with Gasteiger partial charge in [0.1, 0.15) is 0 Å². The van der Waals surface area contributed by atoms with Crippen molar-refractivity contribution in [3.05, 3.63) is 26.5 Å².